The van der Waals surface area contributed by atoms with Gasteiger partial charge in [-0.25, -0.2) is 0 Å². The molecule has 0 saturated heterocycles. The van der Waals surface area contributed by atoms with Crippen LogP contribution in [0.25, 0.3) is 0 Å². The van der Waals surface area contributed by atoms with Crippen molar-refractivity contribution in [1.29, 1.82) is 0 Å². The summed E-state index contributed by atoms with van der Waals surface area (Å²) in [6.45, 7) is 0. The van der Waals surface area contributed by atoms with Crippen molar-refractivity contribution in [3.8, 4) is 0 Å². The van der Waals surface area contributed by atoms with Gasteiger partial charge in [-0.15, -0.1) is 0 Å². The van der Waals surface area contributed by atoms with Gasteiger partial charge in [0.25, 0.3) is 0 Å². The quantitative estimate of drug-likeness (QED) is 0.489. The van der Waals surface area contributed by atoms with E-state index < -0.39 is 0 Å². The van der Waals surface area contributed by atoms with E-state index in [2.05, 4.69) is 48.6 Å². The van der Waals surface area contributed by atoms with Crippen LogP contribution in [0, 0.1) is 0 Å². The first-order chi connectivity index (χ1) is 7.00. The minimum Gasteiger partial charge on any atom is -0.0882 e. The van der Waals surface area contributed by atoms with Gasteiger partial charge in [0, 0.05) is 0 Å². The molecule has 1 aliphatic rings. The Bertz CT molecular complexity index is 228. The van der Waals surface area contributed by atoms with E-state index in [1.54, 1.807) is 0 Å². The van der Waals surface area contributed by atoms with Crippen molar-refractivity contribution in [1.82, 2.24) is 0 Å². The summed E-state index contributed by atoms with van der Waals surface area (Å²) >= 11 is 0. The first-order valence-electron chi connectivity index (χ1n) is 5.63. The van der Waals surface area contributed by atoms with E-state index in [1.807, 2.05) is 0 Å². The normalized spacial score (nSPS) is 26.3. The van der Waals surface area contributed by atoms with Crippen molar-refractivity contribution in [2.24, 2.45) is 0 Å². The van der Waals surface area contributed by atoms with Gasteiger partial charge in [-0.1, -0.05) is 55.0 Å². The van der Waals surface area contributed by atoms with Gasteiger partial charge in [0.2, 0.25) is 0 Å². The van der Waals surface area contributed by atoms with E-state index in [1.165, 1.54) is 32.1 Å². The van der Waals surface area contributed by atoms with Crippen LogP contribution in [-0.4, -0.2) is 0 Å². The number of allylic oxidation sites excluding steroid dienone is 8. The molecule has 14 heavy (non-hydrogen) atoms. The Morgan fingerprint density at radius 2 is 1.21 bits per heavy atom. The monoisotopic (exact) mass is 188 g/mol. The summed E-state index contributed by atoms with van der Waals surface area (Å²) in [6, 6.07) is 0. The molecule has 0 heteroatoms. The summed E-state index contributed by atoms with van der Waals surface area (Å²) in [4.78, 5) is 0. The Morgan fingerprint density at radius 3 is 2.07 bits per heavy atom. The van der Waals surface area contributed by atoms with Crippen molar-refractivity contribution < 1.29 is 0 Å². The molecule has 0 radical (unpaired) electrons. The second-order valence-electron chi connectivity index (χ2n) is 3.59. The van der Waals surface area contributed by atoms with Crippen LogP contribution >= 0.6 is 0 Å². The predicted octanol–water partition coefficient (Wildman–Crippen LogP) is 4.57. The fourth-order valence-electron chi connectivity index (χ4n) is 1.45. The fourth-order valence-corrected chi connectivity index (χ4v) is 1.45. The zero-order valence-corrected chi connectivity index (χ0v) is 8.86. The van der Waals surface area contributed by atoms with Crippen LogP contribution in [0.15, 0.2) is 48.6 Å². The van der Waals surface area contributed by atoms with Crippen LogP contribution in [-0.2, 0) is 0 Å². The van der Waals surface area contributed by atoms with Crippen LogP contribution in [0.5, 0.6) is 0 Å². The summed E-state index contributed by atoms with van der Waals surface area (Å²) in [5, 5.41) is 0. The average molecular weight is 188 g/mol. The third-order valence-corrected chi connectivity index (χ3v) is 2.29. The smallest absolute Gasteiger partial charge is 0.0166 e. The molecule has 0 aromatic heterocycles. The average Bonchev–Trinajstić information content (AvgIpc) is 2.22. The lowest BCUT2D eigenvalue weighted by molar-refractivity contribution is 0.695. The Balaban J connectivity index is 2.36. The van der Waals surface area contributed by atoms with Crippen LogP contribution < -0.4 is 0 Å². The van der Waals surface area contributed by atoms with Crippen molar-refractivity contribution in [3.05, 3.63) is 48.6 Å². The van der Waals surface area contributed by atoms with E-state index in [0.717, 1.165) is 6.42 Å². The number of hydrogen-bond donors (Lipinski definition) is 0. The standard InChI is InChI=1S/C14H20/c1-2-4-6-8-10-12-14-13-11-9-7-5-3-1/h1-6,9,11H,7-8,10,12-14H2/b2-1-,5-3+,6-4?,11-9+. The highest BCUT2D eigenvalue weighted by molar-refractivity contribution is 5.11. The van der Waals surface area contributed by atoms with Crippen LogP contribution in [0.1, 0.15) is 38.5 Å². The first kappa shape index (κ1) is 11.0. The molecule has 0 N–H and O–H groups in total. The van der Waals surface area contributed by atoms with Crippen LogP contribution in [0.2, 0.25) is 0 Å². The molecular weight excluding hydrogens is 168 g/mol. The molecule has 1 rings (SSSR count). The van der Waals surface area contributed by atoms with Gasteiger partial charge in [-0.05, 0) is 32.1 Å². The molecular formula is C14H20. The molecule has 0 amide bonds. The maximum atomic E-state index is 2.30. The summed E-state index contributed by atoms with van der Waals surface area (Å²) < 4.78 is 0. The summed E-state index contributed by atoms with van der Waals surface area (Å²) in [7, 11) is 0. The molecule has 0 spiro atoms. The molecule has 0 heterocycles. The van der Waals surface area contributed by atoms with E-state index in [9.17, 15) is 0 Å². The highest BCUT2D eigenvalue weighted by Gasteiger charge is 1.85. The third-order valence-electron chi connectivity index (χ3n) is 2.29. The SMILES string of the molecule is C1=CCCCCC/C=C/C/C=C/C=C\1. The Hall–Kier alpha value is -1.04. The summed E-state index contributed by atoms with van der Waals surface area (Å²) in [5.41, 5.74) is 0. The second-order valence-corrected chi connectivity index (χ2v) is 3.59. The highest BCUT2D eigenvalue weighted by atomic mass is 13.9. The molecule has 76 valence electrons. The Kier molecular flexibility index (Phi) is 6.74. The lowest BCUT2D eigenvalue weighted by Crippen LogP contribution is -1.75. The van der Waals surface area contributed by atoms with Gasteiger partial charge >= 0.3 is 0 Å². The highest BCUT2D eigenvalue weighted by Crippen LogP contribution is 2.05. The molecule has 0 unspecified atom stereocenters. The van der Waals surface area contributed by atoms with Crippen molar-refractivity contribution in [2.75, 3.05) is 0 Å². The fraction of sp³-hybridized carbons (Fsp3) is 0.429. The molecule has 0 nitrogen and oxygen atoms in total. The van der Waals surface area contributed by atoms with Crippen molar-refractivity contribution >= 4 is 0 Å². The maximum Gasteiger partial charge on any atom is -0.0166 e. The topological polar surface area (TPSA) is 0 Å². The van der Waals surface area contributed by atoms with Gasteiger partial charge in [-0.3, -0.25) is 0 Å². The molecule has 0 aromatic rings. The molecule has 0 bridgehead atoms. The third kappa shape index (κ3) is 6.47. The number of rotatable bonds is 0. The van der Waals surface area contributed by atoms with E-state index in [0.29, 0.717) is 0 Å². The van der Waals surface area contributed by atoms with E-state index >= 15 is 0 Å². The molecule has 1 aliphatic carbocycles. The van der Waals surface area contributed by atoms with Gasteiger partial charge in [0.1, 0.15) is 0 Å². The van der Waals surface area contributed by atoms with Crippen molar-refractivity contribution in [2.45, 2.75) is 38.5 Å². The summed E-state index contributed by atoms with van der Waals surface area (Å²) in [6.07, 6.45) is 25.0. The van der Waals surface area contributed by atoms with Gasteiger partial charge < -0.3 is 0 Å². The lowest BCUT2D eigenvalue weighted by Gasteiger charge is -1.95. The Morgan fingerprint density at radius 1 is 0.500 bits per heavy atom. The Labute approximate surface area is 87.7 Å². The minimum absolute atomic E-state index is 1.06. The summed E-state index contributed by atoms with van der Waals surface area (Å²) in [5.74, 6) is 0. The predicted molar refractivity (Wildman–Crippen MR) is 64.3 cm³/mol. The maximum absolute atomic E-state index is 2.30. The van der Waals surface area contributed by atoms with Crippen LogP contribution in [0.3, 0.4) is 0 Å². The molecule has 0 saturated carbocycles. The second kappa shape index (κ2) is 8.55. The molecule has 0 atom stereocenters. The molecule has 0 fully saturated rings. The molecule has 0 aliphatic heterocycles. The first-order valence-corrected chi connectivity index (χ1v) is 5.63. The van der Waals surface area contributed by atoms with Gasteiger partial charge in [-0.2, -0.15) is 0 Å². The van der Waals surface area contributed by atoms with Crippen LogP contribution in [0.4, 0.5) is 0 Å². The van der Waals surface area contributed by atoms with Gasteiger partial charge in [0.05, 0.1) is 0 Å². The number of hydrogen-bond acceptors (Lipinski definition) is 0. The molecule has 0 aromatic carbocycles. The largest absolute Gasteiger partial charge is 0.0882 e. The zero-order valence-electron chi connectivity index (χ0n) is 8.86. The lowest BCUT2D eigenvalue weighted by atomic mass is 10.1. The van der Waals surface area contributed by atoms with Crippen molar-refractivity contribution in [3.63, 3.8) is 0 Å². The van der Waals surface area contributed by atoms with E-state index in [-0.39, 0.29) is 0 Å². The zero-order chi connectivity index (χ0) is 9.90. The minimum atomic E-state index is 1.06. The van der Waals surface area contributed by atoms with E-state index in [4.69, 9.17) is 0 Å². The van der Waals surface area contributed by atoms with Gasteiger partial charge in [0.15, 0.2) is 0 Å².